The van der Waals surface area contributed by atoms with Crippen LogP contribution in [0.25, 0.3) is 11.3 Å². The molecule has 22 heavy (non-hydrogen) atoms. The first-order valence-corrected chi connectivity index (χ1v) is 7.88. The molecule has 0 radical (unpaired) electrons. The number of hydrogen-bond acceptors (Lipinski definition) is 4. The predicted molar refractivity (Wildman–Crippen MR) is 88.5 cm³/mol. The summed E-state index contributed by atoms with van der Waals surface area (Å²) >= 11 is 1.20. The van der Waals surface area contributed by atoms with Gasteiger partial charge in [-0.1, -0.05) is 12.1 Å². The highest BCUT2D eigenvalue weighted by Crippen LogP contribution is 2.25. The maximum atomic E-state index is 11.9. The molecule has 0 aliphatic rings. The summed E-state index contributed by atoms with van der Waals surface area (Å²) in [7, 11) is 1.87. The van der Waals surface area contributed by atoms with Crippen LogP contribution in [0.4, 0.5) is 5.69 Å². The van der Waals surface area contributed by atoms with Crippen molar-refractivity contribution < 1.29 is 9.59 Å². The Kier molecular flexibility index (Phi) is 5.21. The van der Waals surface area contributed by atoms with E-state index in [0.29, 0.717) is 0 Å². The van der Waals surface area contributed by atoms with E-state index in [1.54, 1.807) is 10.9 Å². The van der Waals surface area contributed by atoms with E-state index < -0.39 is 5.91 Å². The lowest BCUT2D eigenvalue weighted by atomic mass is 10.1. The number of nitrogens with two attached hydrogens (primary N) is 1. The summed E-state index contributed by atoms with van der Waals surface area (Å²) in [6.45, 7) is 1.93. The first kappa shape index (κ1) is 16.1. The van der Waals surface area contributed by atoms with E-state index in [1.165, 1.54) is 11.8 Å². The predicted octanol–water partition coefficient (Wildman–Crippen LogP) is 1.55. The molecular formula is C15H18N4O2S. The summed E-state index contributed by atoms with van der Waals surface area (Å²) in [6, 6.07) is 7.78. The Morgan fingerprint density at radius 2 is 2.09 bits per heavy atom. The zero-order valence-corrected chi connectivity index (χ0v) is 13.3. The summed E-state index contributed by atoms with van der Waals surface area (Å²) < 4.78 is 1.78. The van der Waals surface area contributed by atoms with E-state index in [9.17, 15) is 9.59 Å². The Morgan fingerprint density at radius 3 is 2.73 bits per heavy atom. The van der Waals surface area contributed by atoms with Crippen molar-refractivity contribution in [2.75, 3.05) is 16.8 Å². The lowest BCUT2D eigenvalue weighted by molar-refractivity contribution is -0.115. The van der Waals surface area contributed by atoms with Crippen LogP contribution < -0.4 is 11.1 Å². The quantitative estimate of drug-likeness (QED) is 0.845. The zero-order chi connectivity index (χ0) is 16.1. The number of carbonyl (C=O) groups excluding carboxylic acids is 2. The summed E-state index contributed by atoms with van der Waals surface area (Å²) in [4.78, 5) is 22.6. The van der Waals surface area contributed by atoms with Crippen LogP contribution in [0.3, 0.4) is 0 Å². The number of hydrogen-bond donors (Lipinski definition) is 2. The monoisotopic (exact) mass is 318 g/mol. The van der Waals surface area contributed by atoms with Gasteiger partial charge in [-0.15, -0.1) is 11.8 Å². The fourth-order valence-corrected chi connectivity index (χ4v) is 2.56. The largest absolute Gasteiger partial charge is 0.369 e. The molecule has 0 atom stereocenters. The average Bonchev–Trinajstić information content (AvgIpc) is 2.87. The Hall–Kier alpha value is -2.28. The van der Waals surface area contributed by atoms with E-state index in [1.807, 2.05) is 38.2 Å². The number of thioether (sulfide) groups is 1. The van der Waals surface area contributed by atoms with Crippen LogP contribution in [0.2, 0.25) is 0 Å². The third-order valence-electron chi connectivity index (χ3n) is 3.11. The molecule has 1 aromatic carbocycles. The number of carbonyl (C=O) groups is 2. The number of nitrogens with zero attached hydrogens (tertiary/aromatic N) is 2. The number of rotatable bonds is 6. The van der Waals surface area contributed by atoms with Crippen molar-refractivity contribution in [2.24, 2.45) is 12.8 Å². The van der Waals surface area contributed by atoms with Crippen LogP contribution in [-0.4, -0.2) is 33.1 Å². The maximum absolute atomic E-state index is 11.9. The highest BCUT2D eigenvalue weighted by molar-refractivity contribution is 8.00. The molecule has 0 bridgehead atoms. The van der Waals surface area contributed by atoms with Gasteiger partial charge in [-0.3, -0.25) is 14.3 Å². The molecule has 6 nitrogen and oxygen atoms in total. The standard InChI is InChI=1S/C15H18N4O2S/c1-10-3-4-11(13-5-6-17-19(13)2)7-12(10)18-15(21)9-22-8-14(16)20/h3-7H,8-9H2,1-2H3,(H2,16,20)(H,18,21). The molecule has 7 heteroatoms. The van der Waals surface area contributed by atoms with Crippen LogP contribution >= 0.6 is 11.8 Å². The molecule has 0 unspecified atom stereocenters. The molecule has 0 spiro atoms. The van der Waals surface area contributed by atoms with Gasteiger partial charge in [0.1, 0.15) is 0 Å². The number of benzene rings is 1. The maximum Gasteiger partial charge on any atom is 0.234 e. The van der Waals surface area contributed by atoms with Gasteiger partial charge < -0.3 is 11.1 Å². The fraction of sp³-hybridized carbons (Fsp3) is 0.267. The van der Waals surface area contributed by atoms with Crippen molar-refractivity contribution in [1.29, 1.82) is 0 Å². The van der Waals surface area contributed by atoms with Gasteiger partial charge in [-0.05, 0) is 24.6 Å². The fourth-order valence-electron chi connectivity index (χ4n) is 2.00. The second-order valence-corrected chi connectivity index (χ2v) is 5.86. The van der Waals surface area contributed by atoms with Crippen LogP contribution in [-0.2, 0) is 16.6 Å². The Labute approximate surface area is 133 Å². The third-order valence-corrected chi connectivity index (χ3v) is 4.06. The SMILES string of the molecule is Cc1ccc(-c2ccnn2C)cc1NC(=O)CSCC(N)=O. The summed E-state index contributed by atoms with van der Waals surface area (Å²) in [5, 5.41) is 7.01. The van der Waals surface area contributed by atoms with Crippen molar-refractivity contribution in [3.8, 4) is 11.3 Å². The van der Waals surface area contributed by atoms with Crippen molar-refractivity contribution in [3.05, 3.63) is 36.0 Å². The number of primary amides is 1. The smallest absolute Gasteiger partial charge is 0.234 e. The first-order chi connectivity index (χ1) is 10.5. The number of amides is 2. The van der Waals surface area contributed by atoms with Gasteiger partial charge in [0.2, 0.25) is 11.8 Å². The molecule has 116 valence electrons. The van der Waals surface area contributed by atoms with E-state index in [4.69, 9.17) is 5.73 Å². The third kappa shape index (κ3) is 4.11. The second-order valence-electron chi connectivity index (χ2n) is 4.88. The topological polar surface area (TPSA) is 90.0 Å². The van der Waals surface area contributed by atoms with Gasteiger partial charge in [0.15, 0.2) is 0 Å². The molecule has 2 aromatic rings. The lowest BCUT2D eigenvalue weighted by Crippen LogP contribution is -2.18. The minimum absolute atomic E-state index is 0.140. The van der Waals surface area contributed by atoms with Gasteiger partial charge in [0, 0.05) is 24.5 Å². The van der Waals surface area contributed by atoms with Crippen LogP contribution in [0, 0.1) is 6.92 Å². The second kappa shape index (κ2) is 7.13. The Morgan fingerprint density at radius 1 is 1.32 bits per heavy atom. The van der Waals surface area contributed by atoms with Crippen LogP contribution in [0.15, 0.2) is 30.5 Å². The van der Waals surface area contributed by atoms with Gasteiger partial charge in [0.25, 0.3) is 0 Å². The van der Waals surface area contributed by atoms with Gasteiger partial charge in [-0.25, -0.2) is 0 Å². The van der Waals surface area contributed by atoms with Gasteiger partial charge >= 0.3 is 0 Å². The molecule has 1 aromatic heterocycles. The molecule has 2 rings (SSSR count). The van der Waals surface area contributed by atoms with Crippen LogP contribution in [0.5, 0.6) is 0 Å². The van der Waals surface area contributed by atoms with Gasteiger partial charge in [-0.2, -0.15) is 5.10 Å². The molecule has 0 fully saturated rings. The van der Waals surface area contributed by atoms with Crippen molar-refractivity contribution in [2.45, 2.75) is 6.92 Å². The van der Waals surface area contributed by atoms with E-state index in [2.05, 4.69) is 10.4 Å². The average molecular weight is 318 g/mol. The highest BCUT2D eigenvalue weighted by atomic mass is 32.2. The summed E-state index contributed by atoms with van der Waals surface area (Å²) in [5.74, 6) is -0.247. The summed E-state index contributed by atoms with van der Waals surface area (Å²) in [5.41, 5.74) is 8.72. The molecule has 1 heterocycles. The van der Waals surface area contributed by atoms with Crippen molar-refractivity contribution in [3.63, 3.8) is 0 Å². The molecule has 2 amide bonds. The molecule has 0 aliphatic carbocycles. The number of anilines is 1. The first-order valence-electron chi connectivity index (χ1n) is 6.72. The minimum Gasteiger partial charge on any atom is -0.369 e. The van der Waals surface area contributed by atoms with Crippen LogP contribution in [0.1, 0.15) is 5.56 Å². The number of nitrogens with one attached hydrogen (secondary N) is 1. The van der Waals surface area contributed by atoms with E-state index >= 15 is 0 Å². The number of aryl methyl sites for hydroxylation is 2. The van der Waals surface area contributed by atoms with Crippen molar-refractivity contribution >= 4 is 29.3 Å². The number of aromatic nitrogens is 2. The van der Waals surface area contributed by atoms with Crippen molar-refractivity contribution in [1.82, 2.24) is 9.78 Å². The Bertz CT molecular complexity index is 697. The zero-order valence-electron chi connectivity index (χ0n) is 12.5. The molecular weight excluding hydrogens is 300 g/mol. The minimum atomic E-state index is -0.424. The van der Waals surface area contributed by atoms with E-state index in [0.717, 1.165) is 22.5 Å². The van der Waals surface area contributed by atoms with E-state index in [-0.39, 0.29) is 17.4 Å². The van der Waals surface area contributed by atoms with Gasteiger partial charge in [0.05, 0.1) is 17.2 Å². The Balaban J connectivity index is 2.09. The normalized spacial score (nSPS) is 10.5. The lowest BCUT2D eigenvalue weighted by Gasteiger charge is -2.11. The highest BCUT2D eigenvalue weighted by Gasteiger charge is 2.09. The molecule has 0 saturated heterocycles. The summed E-state index contributed by atoms with van der Waals surface area (Å²) in [6.07, 6.45) is 1.73. The molecule has 3 N–H and O–H groups in total. The molecule has 0 saturated carbocycles. The molecule has 0 aliphatic heterocycles.